The van der Waals surface area contributed by atoms with Crippen molar-refractivity contribution in [3.63, 3.8) is 0 Å². The molecule has 1 heterocycles. The quantitative estimate of drug-likeness (QED) is 0.179. The van der Waals surface area contributed by atoms with E-state index in [2.05, 4.69) is 0 Å². The van der Waals surface area contributed by atoms with Crippen LogP contribution in [-0.4, -0.2) is 67.7 Å². The van der Waals surface area contributed by atoms with Crippen molar-refractivity contribution in [1.29, 1.82) is 0 Å². The predicted octanol–water partition coefficient (Wildman–Crippen LogP) is 2.97. The molecule has 2 aromatic rings. The number of phenolic OH excluding ortho intramolecular Hbond substituents is 1. The van der Waals surface area contributed by atoms with E-state index in [0.717, 1.165) is 18.2 Å². The summed E-state index contributed by atoms with van der Waals surface area (Å²) < 4.78 is 0. The molecule has 1 fully saturated rings. The van der Waals surface area contributed by atoms with Crippen LogP contribution in [0.5, 0.6) is 5.75 Å². The molecule has 0 aromatic heterocycles. The second-order valence-corrected chi connectivity index (χ2v) is 7.83. The van der Waals surface area contributed by atoms with Crippen LogP contribution in [0, 0.1) is 20.2 Å². The monoisotopic (exact) mass is 484 g/mol. The van der Waals surface area contributed by atoms with Gasteiger partial charge in [0.2, 0.25) is 0 Å². The summed E-state index contributed by atoms with van der Waals surface area (Å²) in [6.07, 6.45) is 0. The van der Waals surface area contributed by atoms with Gasteiger partial charge in [-0.3, -0.25) is 29.8 Å². The van der Waals surface area contributed by atoms with Crippen molar-refractivity contribution >= 4 is 28.8 Å². The highest BCUT2D eigenvalue weighted by Gasteiger charge is 2.46. The molecule has 1 saturated heterocycles. The van der Waals surface area contributed by atoms with Crippen LogP contribution in [0.4, 0.5) is 11.4 Å². The van der Waals surface area contributed by atoms with Crippen molar-refractivity contribution in [2.75, 3.05) is 26.2 Å². The topological polar surface area (TPSA) is 167 Å². The second kappa shape index (κ2) is 10.3. The number of hydrogen-bond donors (Lipinski definition) is 2. The molecule has 35 heavy (non-hydrogen) atoms. The van der Waals surface area contributed by atoms with E-state index in [1.54, 1.807) is 0 Å². The Morgan fingerprint density at radius 2 is 1.74 bits per heavy atom. The molecule has 0 saturated carbocycles. The molecule has 184 valence electrons. The van der Waals surface area contributed by atoms with Gasteiger partial charge in [0, 0.05) is 36.9 Å². The van der Waals surface area contributed by atoms with Crippen LogP contribution in [0.15, 0.2) is 48.0 Å². The number of aromatic hydroxyl groups is 1. The number of nitro groups is 2. The van der Waals surface area contributed by atoms with Crippen LogP contribution in [0.3, 0.4) is 0 Å². The van der Waals surface area contributed by atoms with Gasteiger partial charge in [0.1, 0.15) is 5.76 Å². The van der Waals surface area contributed by atoms with Crippen LogP contribution in [0.2, 0.25) is 0 Å². The van der Waals surface area contributed by atoms with Crippen LogP contribution >= 0.6 is 0 Å². The molecule has 1 unspecified atom stereocenters. The summed E-state index contributed by atoms with van der Waals surface area (Å²) in [6.45, 7) is 5.71. The Hall–Kier alpha value is -4.32. The Balaban J connectivity index is 2.20. The van der Waals surface area contributed by atoms with Crippen molar-refractivity contribution in [3.05, 3.63) is 79.4 Å². The maximum Gasteiger partial charge on any atom is 0.311 e. The lowest BCUT2D eigenvalue weighted by molar-refractivity contribution is -0.386. The van der Waals surface area contributed by atoms with Crippen LogP contribution < -0.4 is 0 Å². The summed E-state index contributed by atoms with van der Waals surface area (Å²) in [5.41, 5.74) is -1.25. The third kappa shape index (κ3) is 4.96. The van der Waals surface area contributed by atoms with E-state index in [0.29, 0.717) is 19.6 Å². The molecule has 1 aliphatic rings. The highest BCUT2D eigenvalue weighted by atomic mass is 16.6. The number of ketones is 1. The summed E-state index contributed by atoms with van der Waals surface area (Å²) in [5.74, 6) is -3.17. The van der Waals surface area contributed by atoms with Gasteiger partial charge in [-0.15, -0.1) is 0 Å². The Morgan fingerprint density at radius 1 is 1.06 bits per heavy atom. The Bertz CT molecular complexity index is 1220. The molecule has 1 aliphatic heterocycles. The number of aliphatic hydroxyl groups is 1. The molecular weight excluding hydrogens is 460 g/mol. The van der Waals surface area contributed by atoms with Crippen molar-refractivity contribution in [2.24, 2.45) is 0 Å². The molecule has 2 aromatic carbocycles. The van der Waals surface area contributed by atoms with Crippen molar-refractivity contribution in [2.45, 2.75) is 19.9 Å². The van der Waals surface area contributed by atoms with Gasteiger partial charge in [0.15, 0.2) is 5.75 Å². The first-order valence-corrected chi connectivity index (χ1v) is 10.8. The van der Waals surface area contributed by atoms with Gasteiger partial charge in [-0.2, -0.15) is 0 Å². The zero-order valence-electron chi connectivity index (χ0n) is 19.1. The number of aliphatic hydroxyl groups excluding tert-OH is 1. The number of rotatable bonds is 9. The number of likely N-dealkylation sites (tertiary alicyclic amines) is 1. The normalized spacial score (nSPS) is 17.2. The van der Waals surface area contributed by atoms with Crippen molar-refractivity contribution in [3.8, 4) is 5.75 Å². The molecule has 0 bridgehead atoms. The number of amides is 1. The molecule has 0 spiro atoms. The lowest BCUT2D eigenvalue weighted by Crippen LogP contribution is -2.38. The lowest BCUT2D eigenvalue weighted by atomic mass is 9.94. The number of likely N-dealkylation sites (N-methyl/N-ethyl adjacent to an activating group) is 1. The zero-order valence-corrected chi connectivity index (χ0v) is 19.1. The number of nitro benzene ring substituents is 2. The lowest BCUT2D eigenvalue weighted by Gasteiger charge is -2.28. The first-order chi connectivity index (χ1) is 16.6. The van der Waals surface area contributed by atoms with E-state index in [1.165, 1.54) is 29.2 Å². The van der Waals surface area contributed by atoms with E-state index < -0.39 is 44.8 Å². The molecule has 3 rings (SSSR count). The highest BCUT2D eigenvalue weighted by molar-refractivity contribution is 6.46. The fourth-order valence-electron chi connectivity index (χ4n) is 4.03. The number of benzene rings is 2. The molecule has 1 atom stereocenters. The third-order valence-corrected chi connectivity index (χ3v) is 5.93. The van der Waals surface area contributed by atoms with Crippen LogP contribution in [0.25, 0.3) is 5.76 Å². The first-order valence-electron chi connectivity index (χ1n) is 10.8. The maximum atomic E-state index is 13.1. The summed E-state index contributed by atoms with van der Waals surface area (Å²) in [6, 6.07) is 7.18. The summed E-state index contributed by atoms with van der Waals surface area (Å²) >= 11 is 0. The summed E-state index contributed by atoms with van der Waals surface area (Å²) in [7, 11) is 0. The molecule has 12 heteroatoms. The van der Waals surface area contributed by atoms with E-state index in [4.69, 9.17) is 0 Å². The zero-order chi connectivity index (χ0) is 25.9. The van der Waals surface area contributed by atoms with Crippen LogP contribution in [0.1, 0.15) is 31.0 Å². The van der Waals surface area contributed by atoms with Gasteiger partial charge in [-0.05, 0) is 24.7 Å². The summed E-state index contributed by atoms with van der Waals surface area (Å²) in [4.78, 5) is 50.4. The van der Waals surface area contributed by atoms with Gasteiger partial charge in [0.25, 0.3) is 17.4 Å². The van der Waals surface area contributed by atoms with Crippen molar-refractivity contribution in [1.82, 2.24) is 9.80 Å². The largest absolute Gasteiger partial charge is 0.507 e. The molecular formula is C23H24N4O8. The van der Waals surface area contributed by atoms with E-state index >= 15 is 0 Å². The number of Topliss-reactive ketones (excluding diaryl/α,β-unsaturated/α-hetero) is 1. The number of carbonyl (C=O) groups is 2. The molecule has 2 N–H and O–H groups in total. The average molecular weight is 484 g/mol. The van der Waals surface area contributed by atoms with E-state index in [9.17, 15) is 40.0 Å². The Labute approximate surface area is 200 Å². The fraction of sp³-hybridized carbons (Fsp3) is 0.304. The Kier molecular flexibility index (Phi) is 7.45. The number of phenols is 1. The van der Waals surface area contributed by atoms with Gasteiger partial charge < -0.3 is 20.0 Å². The van der Waals surface area contributed by atoms with Crippen molar-refractivity contribution < 1.29 is 29.6 Å². The fourth-order valence-corrected chi connectivity index (χ4v) is 4.03. The van der Waals surface area contributed by atoms with Gasteiger partial charge >= 0.3 is 5.69 Å². The standard InChI is InChI=1S/C23H24N4O8/c1-3-24(4-2)10-11-25-20(14-8-9-18(28)17(13-14)27(34)35)19(22(30)23(25)31)21(29)15-6-5-7-16(12-15)26(32)33/h5-9,12-13,20,28-29H,3-4,10-11H2,1-2H3/b21-19-. The Morgan fingerprint density at radius 3 is 2.34 bits per heavy atom. The number of hydrogen-bond acceptors (Lipinski definition) is 9. The molecule has 12 nitrogen and oxygen atoms in total. The van der Waals surface area contributed by atoms with Gasteiger partial charge in [-0.1, -0.05) is 32.0 Å². The van der Waals surface area contributed by atoms with Crippen LogP contribution in [-0.2, 0) is 9.59 Å². The minimum atomic E-state index is -1.20. The molecule has 1 amide bonds. The number of non-ortho nitro benzene ring substituents is 1. The second-order valence-electron chi connectivity index (χ2n) is 7.83. The van der Waals surface area contributed by atoms with Gasteiger partial charge in [0.05, 0.1) is 21.5 Å². The molecule has 0 radical (unpaired) electrons. The van der Waals surface area contributed by atoms with Gasteiger partial charge in [-0.25, -0.2) is 0 Å². The van der Waals surface area contributed by atoms with E-state index in [-0.39, 0.29) is 28.9 Å². The maximum absolute atomic E-state index is 13.1. The smallest absolute Gasteiger partial charge is 0.311 e. The first kappa shape index (κ1) is 25.3. The predicted molar refractivity (Wildman–Crippen MR) is 125 cm³/mol. The third-order valence-electron chi connectivity index (χ3n) is 5.93. The summed E-state index contributed by atoms with van der Waals surface area (Å²) in [5, 5.41) is 43.5. The number of nitrogens with zero attached hydrogens (tertiary/aromatic N) is 4. The highest BCUT2D eigenvalue weighted by Crippen LogP contribution is 2.41. The number of carbonyl (C=O) groups excluding carboxylic acids is 2. The minimum absolute atomic E-state index is 0.0563. The van der Waals surface area contributed by atoms with E-state index in [1.807, 2.05) is 18.7 Å². The average Bonchev–Trinajstić information content (AvgIpc) is 3.09. The molecule has 0 aliphatic carbocycles. The SMILES string of the molecule is CCN(CC)CCN1C(=O)C(=O)/C(=C(\O)c2cccc([N+](=O)[O-])c2)C1c1ccc(O)c([N+](=O)[O-])c1. The minimum Gasteiger partial charge on any atom is -0.507 e.